The fourth-order valence-electron chi connectivity index (χ4n) is 1.95. The lowest BCUT2D eigenvalue weighted by atomic mass is 9.76. The van der Waals surface area contributed by atoms with Crippen LogP contribution in [0.25, 0.3) is 0 Å². The largest absolute Gasteiger partial charge is 0.396 e. The number of aliphatic hydroxyl groups is 1. The minimum Gasteiger partial charge on any atom is -0.396 e. The Morgan fingerprint density at radius 2 is 2.25 bits per heavy atom. The molecule has 1 aliphatic rings. The summed E-state index contributed by atoms with van der Waals surface area (Å²) in [7, 11) is 0. The molecular weight excluding hydrogens is 152 g/mol. The van der Waals surface area contributed by atoms with Crippen LogP contribution >= 0.6 is 0 Å². The first kappa shape index (κ1) is 9.72. The lowest BCUT2D eigenvalue weighted by Gasteiger charge is -2.28. The molecule has 1 aliphatic carbocycles. The molecule has 0 amide bonds. The van der Waals surface area contributed by atoms with Gasteiger partial charge in [-0.3, -0.25) is 4.79 Å². The predicted molar refractivity (Wildman–Crippen MR) is 47.8 cm³/mol. The Morgan fingerprint density at radius 1 is 1.58 bits per heavy atom. The molecule has 70 valence electrons. The summed E-state index contributed by atoms with van der Waals surface area (Å²) in [4.78, 5) is 11.5. The van der Waals surface area contributed by atoms with Crippen LogP contribution in [0.1, 0.15) is 33.1 Å². The third-order valence-corrected chi connectivity index (χ3v) is 2.91. The van der Waals surface area contributed by atoms with Gasteiger partial charge < -0.3 is 5.11 Å². The smallest absolute Gasteiger partial charge is 0.136 e. The molecule has 0 heterocycles. The van der Waals surface area contributed by atoms with E-state index in [1.165, 1.54) is 0 Å². The lowest BCUT2D eigenvalue weighted by Crippen LogP contribution is -2.30. The average Bonchev–Trinajstić information content (AvgIpc) is 2.03. The first-order valence-corrected chi connectivity index (χ1v) is 4.78. The molecule has 0 aromatic heterocycles. The third-order valence-electron chi connectivity index (χ3n) is 2.91. The van der Waals surface area contributed by atoms with E-state index in [1.54, 1.807) is 0 Å². The number of Topliss-reactive ketones (excluding diaryl/α,β-unsaturated/α-hetero) is 1. The van der Waals surface area contributed by atoms with Gasteiger partial charge >= 0.3 is 0 Å². The van der Waals surface area contributed by atoms with E-state index in [-0.39, 0.29) is 18.4 Å². The zero-order valence-corrected chi connectivity index (χ0v) is 7.92. The maximum atomic E-state index is 11.5. The second-order valence-electron chi connectivity index (χ2n) is 4.12. The van der Waals surface area contributed by atoms with E-state index < -0.39 is 0 Å². The van der Waals surface area contributed by atoms with Gasteiger partial charge in [-0.1, -0.05) is 13.8 Å². The predicted octanol–water partition coefficient (Wildman–Crippen LogP) is 1.62. The van der Waals surface area contributed by atoms with E-state index in [4.69, 9.17) is 5.11 Å². The highest BCUT2D eigenvalue weighted by molar-refractivity contribution is 5.82. The summed E-state index contributed by atoms with van der Waals surface area (Å²) in [6.07, 6.45) is 2.83. The van der Waals surface area contributed by atoms with Gasteiger partial charge in [0, 0.05) is 18.9 Å². The Kier molecular flexibility index (Phi) is 3.27. The lowest BCUT2D eigenvalue weighted by molar-refractivity contribution is -0.128. The highest BCUT2D eigenvalue weighted by atomic mass is 16.3. The van der Waals surface area contributed by atoms with E-state index in [2.05, 4.69) is 6.92 Å². The molecule has 1 N–H and O–H groups in total. The van der Waals surface area contributed by atoms with Crippen molar-refractivity contribution in [1.29, 1.82) is 0 Å². The van der Waals surface area contributed by atoms with Crippen molar-refractivity contribution in [2.45, 2.75) is 33.1 Å². The molecule has 0 radical (unpaired) electrons. The van der Waals surface area contributed by atoms with Crippen LogP contribution in [0, 0.1) is 17.8 Å². The maximum absolute atomic E-state index is 11.5. The van der Waals surface area contributed by atoms with Crippen molar-refractivity contribution < 1.29 is 9.90 Å². The minimum absolute atomic E-state index is 0.131. The number of hydrogen-bond acceptors (Lipinski definition) is 2. The second kappa shape index (κ2) is 4.04. The molecule has 1 saturated carbocycles. The quantitative estimate of drug-likeness (QED) is 0.683. The van der Waals surface area contributed by atoms with Gasteiger partial charge in [0.25, 0.3) is 0 Å². The standard InChI is InChI=1S/C10H18O2/c1-7-3-4-9(8(2)6-11)10(12)5-7/h7-9,11H,3-6H2,1-2H3/t7-,8?,9+/m0/s1. The monoisotopic (exact) mass is 170 g/mol. The number of carbonyl (C=O) groups is 1. The highest BCUT2D eigenvalue weighted by Gasteiger charge is 2.29. The number of hydrogen-bond donors (Lipinski definition) is 1. The van der Waals surface area contributed by atoms with Gasteiger partial charge in [-0.2, -0.15) is 0 Å². The molecule has 3 atom stereocenters. The van der Waals surface area contributed by atoms with Crippen molar-refractivity contribution in [1.82, 2.24) is 0 Å². The molecule has 0 aromatic carbocycles. The van der Waals surface area contributed by atoms with Gasteiger partial charge in [0.05, 0.1) is 0 Å². The summed E-state index contributed by atoms with van der Waals surface area (Å²) in [6, 6.07) is 0. The first-order valence-electron chi connectivity index (χ1n) is 4.78. The summed E-state index contributed by atoms with van der Waals surface area (Å²) in [5.74, 6) is 1.20. The van der Waals surface area contributed by atoms with Gasteiger partial charge in [-0.25, -0.2) is 0 Å². The van der Waals surface area contributed by atoms with Crippen molar-refractivity contribution in [2.24, 2.45) is 17.8 Å². The molecule has 0 spiro atoms. The van der Waals surface area contributed by atoms with Crippen LogP contribution < -0.4 is 0 Å². The normalized spacial score (nSPS) is 33.4. The van der Waals surface area contributed by atoms with E-state index in [0.717, 1.165) is 19.3 Å². The fraction of sp³-hybridized carbons (Fsp3) is 0.900. The van der Waals surface area contributed by atoms with Gasteiger partial charge in [0.1, 0.15) is 5.78 Å². The first-order chi connectivity index (χ1) is 5.65. The van der Waals surface area contributed by atoms with Crippen LogP contribution in [-0.2, 0) is 4.79 Å². The van der Waals surface area contributed by atoms with Crippen molar-refractivity contribution in [3.63, 3.8) is 0 Å². The Bertz CT molecular complexity index is 165. The topological polar surface area (TPSA) is 37.3 Å². The summed E-state index contributed by atoms with van der Waals surface area (Å²) in [5, 5.41) is 8.92. The molecule has 1 rings (SSSR count). The molecule has 2 nitrogen and oxygen atoms in total. The van der Waals surface area contributed by atoms with Gasteiger partial charge in [-0.05, 0) is 24.7 Å². The summed E-state index contributed by atoms with van der Waals surface area (Å²) in [5.41, 5.74) is 0. The van der Waals surface area contributed by atoms with E-state index >= 15 is 0 Å². The molecule has 2 heteroatoms. The second-order valence-corrected chi connectivity index (χ2v) is 4.12. The zero-order valence-electron chi connectivity index (χ0n) is 7.92. The summed E-state index contributed by atoms with van der Waals surface area (Å²) >= 11 is 0. The Morgan fingerprint density at radius 3 is 2.75 bits per heavy atom. The number of rotatable bonds is 2. The van der Waals surface area contributed by atoms with Crippen molar-refractivity contribution in [3.05, 3.63) is 0 Å². The Hall–Kier alpha value is -0.370. The van der Waals surface area contributed by atoms with Crippen molar-refractivity contribution in [2.75, 3.05) is 6.61 Å². The molecule has 0 aliphatic heterocycles. The van der Waals surface area contributed by atoms with Crippen LogP contribution in [0.5, 0.6) is 0 Å². The molecule has 12 heavy (non-hydrogen) atoms. The molecule has 0 saturated heterocycles. The van der Waals surface area contributed by atoms with E-state index in [0.29, 0.717) is 11.7 Å². The Balaban J connectivity index is 2.50. The molecule has 0 bridgehead atoms. The molecule has 1 fully saturated rings. The van der Waals surface area contributed by atoms with Crippen LogP contribution in [0.4, 0.5) is 0 Å². The Labute approximate surface area is 74.0 Å². The van der Waals surface area contributed by atoms with Crippen molar-refractivity contribution in [3.8, 4) is 0 Å². The minimum atomic E-state index is 0.131. The van der Waals surface area contributed by atoms with Gasteiger partial charge in [0.15, 0.2) is 0 Å². The van der Waals surface area contributed by atoms with E-state index in [1.807, 2.05) is 6.92 Å². The van der Waals surface area contributed by atoms with Gasteiger partial charge in [-0.15, -0.1) is 0 Å². The number of carbonyl (C=O) groups excluding carboxylic acids is 1. The van der Waals surface area contributed by atoms with Crippen molar-refractivity contribution >= 4 is 5.78 Å². The summed E-state index contributed by atoms with van der Waals surface area (Å²) < 4.78 is 0. The fourth-order valence-corrected chi connectivity index (χ4v) is 1.95. The van der Waals surface area contributed by atoms with Crippen LogP contribution in [0.3, 0.4) is 0 Å². The third kappa shape index (κ3) is 2.07. The molecule has 0 aromatic rings. The zero-order chi connectivity index (χ0) is 9.14. The van der Waals surface area contributed by atoms with Gasteiger partial charge in [0.2, 0.25) is 0 Å². The van der Waals surface area contributed by atoms with Crippen LogP contribution in [0.15, 0.2) is 0 Å². The number of ketones is 1. The number of aliphatic hydroxyl groups excluding tert-OH is 1. The highest BCUT2D eigenvalue weighted by Crippen LogP contribution is 2.30. The molecular formula is C10H18O2. The molecule has 1 unspecified atom stereocenters. The maximum Gasteiger partial charge on any atom is 0.136 e. The van der Waals surface area contributed by atoms with Crippen LogP contribution in [0.2, 0.25) is 0 Å². The average molecular weight is 170 g/mol. The van der Waals surface area contributed by atoms with Crippen LogP contribution in [-0.4, -0.2) is 17.5 Å². The SMILES string of the molecule is CC(CO)[C@H]1CC[C@H](C)CC1=O. The summed E-state index contributed by atoms with van der Waals surface area (Å²) in [6.45, 7) is 4.22. The van der Waals surface area contributed by atoms with E-state index in [9.17, 15) is 4.79 Å².